The first-order valence-electron chi connectivity index (χ1n) is 10.7. The van der Waals surface area contributed by atoms with Gasteiger partial charge in [-0.1, -0.05) is 6.07 Å². The highest BCUT2D eigenvalue weighted by Gasteiger charge is 2.15. The summed E-state index contributed by atoms with van der Waals surface area (Å²) in [4.78, 5) is 24.6. The molecule has 2 aromatic carbocycles. The van der Waals surface area contributed by atoms with E-state index in [9.17, 15) is 9.59 Å². The van der Waals surface area contributed by atoms with Crippen LogP contribution in [-0.4, -0.2) is 34.9 Å². The predicted molar refractivity (Wildman–Crippen MR) is 124 cm³/mol. The molecule has 1 heterocycles. The molecule has 0 aliphatic heterocycles. The van der Waals surface area contributed by atoms with Crippen LogP contribution >= 0.6 is 0 Å². The molecule has 1 aromatic heterocycles. The Morgan fingerprint density at radius 2 is 1.72 bits per heavy atom. The first-order valence-corrected chi connectivity index (χ1v) is 10.7. The lowest BCUT2D eigenvalue weighted by atomic mass is 10.1. The molecule has 0 saturated carbocycles. The zero-order valence-corrected chi connectivity index (χ0v) is 18.9. The number of aryl methyl sites for hydroxylation is 2. The monoisotopic (exact) mass is 435 g/mol. The molecular formula is C25H29N3O4. The maximum absolute atomic E-state index is 12.4. The van der Waals surface area contributed by atoms with Gasteiger partial charge in [-0.2, -0.15) is 5.10 Å². The molecule has 3 aromatic rings. The minimum absolute atomic E-state index is 0.228. The van der Waals surface area contributed by atoms with E-state index in [1.54, 1.807) is 13.0 Å². The van der Waals surface area contributed by atoms with E-state index >= 15 is 0 Å². The Bertz CT molecular complexity index is 1100. The van der Waals surface area contributed by atoms with Gasteiger partial charge in [-0.15, -0.1) is 0 Å². The van der Waals surface area contributed by atoms with E-state index in [-0.39, 0.29) is 24.6 Å². The van der Waals surface area contributed by atoms with Crippen molar-refractivity contribution < 1.29 is 14.3 Å². The van der Waals surface area contributed by atoms with Gasteiger partial charge in [-0.25, -0.2) is 4.68 Å². The van der Waals surface area contributed by atoms with E-state index < -0.39 is 6.10 Å². The van der Waals surface area contributed by atoms with Crippen LogP contribution in [0.4, 0.5) is 0 Å². The lowest BCUT2D eigenvalue weighted by Gasteiger charge is -2.16. The summed E-state index contributed by atoms with van der Waals surface area (Å²) in [6.07, 6.45) is -0.656. The maximum atomic E-state index is 12.4. The predicted octanol–water partition coefficient (Wildman–Crippen LogP) is 3.51. The number of hydrogen-bond acceptors (Lipinski definition) is 5. The molecule has 0 aliphatic rings. The van der Waals surface area contributed by atoms with Crippen molar-refractivity contribution in [2.75, 3.05) is 13.2 Å². The summed E-state index contributed by atoms with van der Waals surface area (Å²) in [5.41, 5.74) is 3.47. The zero-order valence-electron chi connectivity index (χ0n) is 18.9. The molecular weight excluding hydrogens is 406 g/mol. The van der Waals surface area contributed by atoms with Gasteiger partial charge in [-0.05, 0) is 81.3 Å². The quantitative estimate of drug-likeness (QED) is 0.556. The number of nitrogens with one attached hydrogen (secondary N) is 1. The zero-order chi connectivity index (χ0) is 23.1. The number of benzene rings is 2. The highest BCUT2D eigenvalue weighted by atomic mass is 16.5. The van der Waals surface area contributed by atoms with Gasteiger partial charge >= 0.3 is 0 Å². The highest BCUT2D eigenvalue weighted by Crippen LogP contribution is 2.20. The second kappa shape index (κ2) is 10.6. The largest absolute Gasteiger partial charge is 0.494 e. The molecule has 1 atom stereocenters. The van der Waals surface area contributed by atoms with Gasteiger partial charge in [0, 0.05) is 18.2 Å². The van der Waals surface area contributed by atoms with E-state index in [1.165, 1.54) is 10.7 Å². The summed E-state index contributed by atoms with van der Waals surface area (Å²) >= 11 is 0. The van der Waals surface area contributed by atoms with Crippen LogP contribution in [0.25, 0.3) is 11.3 Å². The average Bonchev–Trinajstić information content (AvgIpc) is 2.75. The summed E-state index contributed by atoms with van der Waals surface area (Å²) in [5, 5.41) is 7.24. The Kier molecular flexibility index (Phi) is 7.65. The van der Waals surface area contributed by atoms with Gasteiger partial charge < -0.3 is 14.8 Å². The van der Waals surface area contributed by atoms with Crippen molar-refractivity contribution in [1.82, 2.24) is 15.1 Å². The summed E-state index contributed by atoms with van der Waals surface area (Å²) in [5.74, 6) is 1.19. The average molecular weight is 436 g/mol. The van der Waals surface area contributed by atoms with E-state index in [2.05, 4.69) is 10.4 Å². The lowest BCUT2D eigenvalue weighted by Crippen LogP contribution is -2.39. The molecule has 168 valence electrons. The van der Waals surface area contributed by atoms with Gasteiger partial charge in [0.25, 0.3) is 11.5 Å². The maximum Gasteiger partial charge on any atom is 0.266 e. The van der Waals surface area contributed by atoms with E-state index in [0.717, 1.165) is 22.4 Å². The number of carbonyl (C=O) groups is 1. The Morgan fingerprint density at radius 3 is 2.38 bits per heavy atom. The molecule has 0 spiro atoms. The summed E-state index contributed by atoms with van der Waals surface area (Å²) < 4.78 is 12.6. The fourth-order valence-electron chi connectivity index (χ4n) is 3.34. The van der Waals surface area contributed by atoms with E-state index in [4.69, 9.17) is 9.47 Å². The first-order chi connectivity index (χ1) is 15.4. The Balaban J connectivity index is 1.58. The van der Waals surface area contributed by atoms with Crippen molar-refractivity contribution in [1.29, 1.82) is 0 Å². The molecule has 32 heavy (non-hydrogen) atoms. The van der Waals surface area contributed by atoms with Crippen molar-refractivity contribution in [3.8, 4) is 22.8 Å². The van der Waals surface area contributed by atoms with Crippen LogP contribution in [0.1, 0.15) is 25.0 Å². The Labute approximate surface area is 188 Å². The van der Waals surface area contributed by atoms with Gasteiger partial charge in [0.05, 0.1) is 18.8 Å². The molecule has 0 bridgehead atoms. The molecule has 3 rings (SSSR count). The Hall–Kier alpha value is -3.61. The number of ether oxygens (including phenoxy) is 2. The summed E-state index contributed by atoms with van der Waals surface area (Å²) in [7, 11) is 0. The van der Waals surface area contributed by atoms with Crippen molar-refractivity contribution in [2.45, 2.75) is 40.3 Å². The molecule has 0 aliphatic carbocycles. The number of aromatic nitrogens is 2. The SMILES string of the molecule is CCOc1ccc(-c2ccc(=O)n(CCNC(=O)C(C)Oc3cc(C)cc(C)c3)n2)cc1. The number of amides is 1. The fraction of sp³-hybridized carbons (Fsp3) is 0.320. The summed E-state index contributed by atoms with van der Waals surface area (Å²) in [6, 6.07) is 16.5. The number of nitrogens with zero attached hydrogens (tertiary/aromatic N) is 2. The minimum Gasteiger partial charge on any atom is -0.494 e. The van der Waals surface area contributed by atoms with Crippen molar-refractivity contribution >= 4 is 5.91 Å². The Morgan fingerprint density at radius 1 is 1.03 bits per heavy atom. The topological polar surface area (TPSA) is 82.5 Å². The van der Waals surface area contributed by atoms with Crippen LogP contribution in [0.2, 0.25) is 0 Å². The highest BCUT2D eigenvalue weighted by molar-refractivity contribution is 5.80. The van der Waals surface area contributed by atoms with E-state index in [0.29, 0.717) is 18.1 Å². The first kappa shape index (κ1) is 23.1. The standard InChI is InChI=1S/C25H29N3O4/c1-5-31-21-8-6-20(7-9-21)23-10-11-24(29)28(27-23)13-12-26-25(30)19(4)32-22-15-17(2)14-18(3)16-22/h6-11,14-16,19H,5,12-13H2,1-4H3,(H,26,30). The molecule has 1 amide bonds. The van der Waals surface area contributed by atoms with E-state index in [1.807, 2.05) is 63.2 Å². The fourth-order valence-corrected chi connectivity index (χ4v) is 3.34. The van der Waals surface area contributed by atoms with Crippen molar-refractivity contribution in [2.24, 2.45) is 0 Å². The second-order valence-electron chi connectivity index (χ2n) is 7.61. The summed E-state index contributed by atoms with van der Waals surface area (Å²) in [6.45, 7) is 8.71. The third-order valence-corrected chi connectivity index (χ3v) is 4.83. The number of carbonyl (C=O) groups excluding carboxylic acids is 1. The van der Waals surface area contributed by atoms with Crippen LogP contribution in [0.15, 0.2) is 59.4 Å². The van der Waals surface area contributed by atoms with Crippen LogP contribution in [0, 0.1) is 13.8 Å². The molecule has 0 radical (unpaired) electrons. The lowest BCUT2D eigenvalue weighted by molar-refractivity contribution is -0.127. The smallest absolute Gasteiger partial charge is 0.266 e. The molecule has 1 unspecified atom stereocenters. The number of hydrogen-bond donors (Lipinski definition) is 1. The second-order valence-corrected chi connectivity index (χ2v) is 7.61. The van der Waals surface area contributed by atoms with Crippen LogP contribution in [-0.2, 0) is 11.3 Å². The minimum atomic E-state index is -0.656. The number of rotatable bonds is 9. The van der Waals surface area contributed by atoms with Crippen LogP contribution < -0.4 is 20.3 Å². The van der Waals surface area contributed by atoms with Gasteiger partial charge in [0.15, 0.2) is 6.10 Å². The van der Waals surface area contributed by atoms with Gasteiger partial charge in [0.1, 0.15) is 11.5 Å². The molecule has 0 fully saturated rings. The normalized spacial score (nSPS) is 11.6. The molecule has 7 nitrogen and oxygen atoms in total. The molecule has 0 saturated heterocycles. The van der Waals surface area contributed by atoms with Gasteiger partial charge in [0.2, 0.25) is 0 Å². The van der Waals surface area contributed by atoms with Crippen LogP contribution in [0.3, 0.4) is 0 Å². The third kappa shape index (κ3) is 6.20. The molecule has 1 N–H and O–H groups in total. The molecule has 7 heteroatoms. The van der Waals surface area contributed by atoms with Gasteiger partial charge in [-0.3, -0.25) is 9.59 Å². The third-order valence-electron chi connectivity index (χ3n) is 4.83. The van der Waals surface area contributed by atoms with Crippen molar-refractivity contribution in [3.63, 3.8) is 0 Å². The van der Waals surface area contributed by atoms with Crippen LogP contribution in [0.5, 0.6) is 11.5 Å². The van der Waals surface area contributed by atoms with Crippen molar-refractivity contribution in [3.05, 3.63) is 76.1 Å².